The van der Waals surface area contributed by atoms with Gasteiger partial charge in [0.15, 0.2) is 0 Å². The van der Waals surface area contributed by atoms with E-state index in [0.29, 0.717) is 39.3 Å². The molecular formula is C26H28N4O4. The van der Waals surface area contributed by atoms with Crippen molar-refractivity contribution < 1.29 is 19.2 Å². The maximum Gasteiger partial charge on any atom is 0.247 e. The number of hydrogen-bond acceptors (Lipinski definition) is 6. The Balaban J connectivity index is 1.17. The minimum Gasteiger partial charge on any atom is -0.289 e. The van der Waals surface area contributed by atoms with Crippen molar-refractivity contribution in [2.75, 3.05) is 26.2 Å². The Kier molecular flexibility index (Phi) is 6.26. The highest BCUT2D eigenvalue weighted by Gasteiger charge is 2.45. The van der Waals surface area contributed by atoms with Crippen LogP contribution in [0.1, 0.15) is 24.0 Å². The Morgan fingerprint density at radius 1 is 0.559 bits per heavy atom. The predicted molar refractivity (Wildman–Crippen MR) is 124 cm³/mol. The molecule has 34 heavy (non-hydrogen) atoms. The molecule has 0 saturated carbocycles. The molecule has 4 amide bonds. The van der Waals surface area contributed by atoms with Gasteiger partial charge in [-0.3, -0.25) is 38.8 Å². The minimum atomic E-state index is -0.450. The summed E-state index contributed by atoms with van der Waals surface area (Å²) < 4.78 is 0. The summed E-state index contributed by atoms with van der Waals surface area (Å²) in [5, 5.41) is 0. The average molecular weight is 461 g/mol. The number of imide groups is 2. The van der Waals surface area contributed by atoms with Crippen molar-refractivity contribution in [3.8, 4) is 0 Å². The lowest BCUT2D eigenvalue weighted by molar-refractivity contribution is -0.143. The molecule has 0 spiro atoms. The Morgan fingerprint density at radius 2 is 0.912 bits per heavy atom. The van der Waals surface area contributed by atoms with Gasteiger partial charge in [-0.25, -0.2) is 0 Å². The number of rotatable bonds is 6. The van der Waals surface area contributed by atoms with Crippen LogP contribution in [0, 0.1) is 0 Å². The topological polar surface area (TPSA) is 81.2 Å². The van der Waals surface area contributed by atoms with Crippen LogP contribution in [-0.4, -0.2) is 81.5 Å². The molecule has 8 nitrogen and oxygen atoms in total. The van der Waals surface area contributed by atoms with Gasteiger partial charge in [-0.1, -0.05) is 60.7 Å². The van der Waals surface area contributed by atoms with Gasteiger partial charge in [0.25, 0.3) is 0 Å². The highest BCUT2D eigenvalue weighted by Crippen LogP contribution is 2.26. The molecule has 3 aliphatic rings. The van der Waals surface area contributed by atoms with E-state index in [1.807, 2.05) is 70.5 Å². The maximum atomic E-state index is 13.0. The van der Waals surface area contributed by atoms with Crippen LogP contribution in [0.3, 0.4) is 0 Å². The summed E-state index contributed by atoms with van der Waals surface area (Å²) in [7, 11) is 0. The zero-order valence-corrected chi connectivity index (χ0v) is 19.0. The van der Waals surface area contributed by atoms with Gasteiger partial charge in [0.1, 0.15) is 0 Å². The van der Waals surface area contributed by atoms with E-state index in [-0.39, 0.29) is 36.5 Å². The van der Waals surface area contributed by atoms with Crippen LogP contribution in [0.15, 0.2) is 60.7 Å². The minimum absolute atomic E-state index is 0.144. The Labute approximate surface area is 198 Å². The summed E-state index contributed by atoms with van der Waals surface area (Å²) in [6, 6.07) is 18.1. The number of carbonyl (C=O) groups excluding carboxylic acids is 4. The molecule has 0 bridgehead atoms. The third-order valence-corrected chi connectivity index (χ3v) is 7.04. The second-order valence-electron chi connectivity index (χ2n) is 9.12. The van der Waals surface area contributed by atoms with E-state index < -0.39 is 12.1 Å². The van der Waals surface area contributed by atoms with Crippen molar-refractivity contribution in [3.63, 3.8) is 0 Å². The molecule has 2 atom stereocenters. The monoisotopic (exact) mass is 460 g/mol. The quantitative estimate of drug-likeness (QED) is 0.604. The van der Waals surface area contributed by atoms with Crippen molar-refractivity contribution in [2.45, 2.75) is 38.0 Å². The summed E-state index contributed by atoms with van der Waals surface area (Å²) in [5.41, 5.74) is 1.86. The molecule has 2 aromatic rings. The standard InChI is InChI=1S/C26H28N4O4/c31-23-15-21(25(33)29(23)17-19-7-3-1-4-8-19)27-11-13-28(14-12-27)22-16-24(32)30(26(22)34)18-20-9-5-2-6-10-20/h1-10,21-22H,11-18H2/t21-,22-/m0/s1. The van der Waals surface area contributed by atoms with Crippen LogP contribution in [0.5, 0.6) is 0 Å². The highest BCUT2D eigenvalue weighted by atomic mass is 16.2. The third kappa shape index (κ3) is 4.38. The molecule has 5 rings (SSSR count). The molecule has 3 aliphatic heterocycles. The first kappa shape index (κ1) is 22.4. The van der Waals surface area contributed by atoms with Crippen LogP contribution < -0.4 is 0 Å². The lowest BCUT2D eigenvalue weighted by atomic mass is 10.1. The van der Waals surface area contributed by atoms with Crippen molar-refractivity contribution in [1.29, 1.82) is 0 Å². The smallest absolute Gasteiger partial charge is 0.247 e. The molecule has 0 aromatic heterocycles. The first-order valence-corrected chi connectivity index (χ1v) is 11.8. The van der Waals surface area contributed by atoms with Gasteiger partial charge < -0.3 is 0 Å². The van der Waals surface area contributed by atoms with E-state index in [4.69, 9.17) is 0 Å². The lowest BCUT2D eigenvalue weighted by Gasteiger charge is -2.38. The molecule has 3 heterocycles. The summed E-state index contributed by atoms with van der Waals surface area (Å²) in [6.45, 7) is 2.92. The van der Waals surface area contributed by atoms with E-state index in [1.54, 1.807) is 0 Å². The number of likely N-dealkylation sites (tertiary alicyclic amines) is 2. The number of hydrogen-bond donors (Lipinski definition) is 0. The lowest BCUT2D eigenvalue weighted by Crippen LogP contribution is -2.56. The molecule has 0 aliphatic carbocycles. The number of benzene rings is 2. The summed E-state index contributed by atoms with van der Waals surface area (Å²) in [6.07, 6.45) is 0.384. The fourth-order valence-electron chi connectivity index (χ4n) is 5.13. The largest absolute Gasteiger partial charge is 0.289 e. The zero-order valence-electron chi connectivity index (χ0n) is 19.0. The van der Waals surface area contributed by atoms with Gasteiger partial charge in [0.05, 0.1) is 38.0 Å². The SMILES string of the molecule is O=C1C[C@H](N2CCN([C@H]3CC(=O)N(Cc4ccccc4)C3=O)CC2)C(=O)N1Cc1ccccc1. The number of nitrogens with zero attached hydrogens (tertiary/aromatic N) is 4. The molecular weight excluding hydrogens is 432 g/mol. The number of piperazine rings is 1. The third-order valence-electron chi connectivity index (χ3n) is 7.04. The van der Waals surface area contributed by atoms with Crippen molar-refractivity contribution in [3.05, 3.63) is 71.8 Å². The van der Waals surface area contributed by atoms with E-state index in [2.05, 4.69) is 0 Å². The molecule has 0 unspecified atom stereocenters. The van der Waals surface area contributed by atoms with Gasteiger partial charge in [-0.05, 0) is 11.1 Å². The number of carbonyl (C=O) groups is 4. The molecule has 2 aromatic carbocycles. The van der Waals surface area contributed by atoms with Gasteiger partial charge in [-0.15, -0.1) is 0 Å². The second kappa shape index (κ2) is 9.48. The summed E-state index contributed by atoms with van der Waals surface area (Å²) in [4.78, 5) is 57.9. The van der Waals surface area contributed by atoms with Crippen molar-refractivity contribution >= 4 is 23.6 Å². The molecule has 176 valence electrons. The Morgan fingerprint density at radius 3 is 1.26 bits per heavy atom. The zero-order chi connectivity index (χ0) is 23.7. The van der Waals surface area contributed by atoms with Gasteiger partial charge >= 0.3 is 0 Å². The predicted octanol–water partition coefficient (Wildman–Crippen LogP) is 1.26. The first-order chi connectivity index (χ1) is 16.5. The second-order valence-corrected chi connectivity index (χ2v) is 9.12. The molecule has 0 N–H and O–H groups in total. The number of amides is 4. The molecule has 3 fully saturated rings. The van der Waals surface area contributed by atoms with E-state index in [0.717, 1.165) is 11.1 Å². The van der Waals surface area contributed by atoms with Gasteiger partial charge in [0, 0.05) is 26.2 Å². The van der Waals surface area contributed by atoms with Crippen LogP contribution in [0.2, 0.25) is 0 Å². The van der Waals surface area contributed by atoms with E-state index >= 15 is 0 Å². The van der Waals surface area contributed by atoms with Crippen molar-refractivity contribution in [1.82, 2.24) is 19.6 Å². The molecule has 8 heteroatoms. The van der Waals surface area contributed by atoms with Crippen LogP contribution >= 0.6 is 0 Å². The van der Waals surface area contributed by atoms with Crippen LogP contribution in [0.4, 0.5) is 0 Å². The van der Waals surface area contributed by atoms with Crippen molar-refractivity contribution in [2.24, 2.45) is 0 Å². The van der Waals surface area contributed by atoms with E-state index in [1.165, 1.54) is 9.80 Å². The van der Waals surface area contributed by atoms with Crippen LogP contribution in [-0.2, 0) is 32.3 Å². The summed E-state index contributed by atoms with van der Waals surface area (Å²) >= 11 is 0. The Hall–Kier alpha value is -3.36. The summed E-state index contributed by atoms with van der Waals surface area (Å²) in [5.74, 6) is -0.587. The van der Waals surface area contributed by atoms with Crippen LogP contribution in [0.25, 0.3) is 0 Å². The van der Waals surface area contributed by atoms with Gasteiger partial charge in [-0.2, -0.15) is 0 Å². The highest BCUT2D eigenvalue weighted by molar-refractivity contribution is 6.06. The molecule has 3 saturated heterocycles. The average Bonchev–Trinajstić information content (AvgIpc) is 3.30. The fourth-order valence-corrected chi connectivity index (χ4v) is 5.13. The molecule has 0 radical (unpaired) electrons. The fraction of sp³-hybridized carbons (Fsp3) is 0.385. The normalized spacial score (nSPS) is 24.5. The van der Waals surface area contributed by atoms with Gasteiger partial charge in [0.2, 0.25) is 23.6 Å². The van der Waals surface area contributed by atoms with E-state index in [9.17, 15) is 19.2 Å². The Bertz CT molecular complexity index is 995. The first-order valence-electron chi connectivity index (χ1n) is 11.8. The maximum absolute atomic E-state index is 13.0.